The third-order valence-electron chi connectivity index (χ3n) is 2.20. The van der Waals surface area contributed by atoms with E-state index in [2.05, 4.69) is 11.9 Å². The number of methoxy groups -OCH3 is 1. The Kier molecular flexibility index (Phi) is 5.58. The Morgan fingerprint density at radius 3 is 2.94 bits per heavy atom. The molecule has 1 aromatic carbocycles. The molecule has 0 aromatic heterocycles. The third-order valence-corrected chi connectivity index (χ3v) is 2.20. The molecule has 0 saturated carbocycles. The highest BCUT2D eigenvalue weighted by molar-refractivity contribution is 5.92. The lowest BCUT2D eigenvalue weighted by molar-refractivity contribution is -0.116. The van der Waals surface area contributed by atoms with Crippen molar-refractivity contribution in [2.75, 3.05) is 13.7 Å². The molecule has 0 aliphatic carbocycles. The van der Waals surface area contributed by atoms with E-state index in [0.717, 1.165) is 17.7 Å². The molecule has 1 amide bonds. The Morgan fingerprint density at radius 1 is 1.47 bits per heavy atom. The molecule has 90 valence electrons. The maximum atomic E-state index is 11.4. The number of nitrogens with one attached hydrogen (secondary N) is 1. The predicted octanol–water partition coefficient (Wildman–Crippen LogP) is 2.40. The first-order valence-electron chi connectivity index (χ1n) is 5.47. The van der Waals surface area contributed by atoms with E-state index in [1.807, 2.05) is 24.3 Å². The van der Waals surface area contributed by atoms with Gasteiger partial charge in [-0.05, 0) is 18.6 Å². The molecule has 0 heterocycles. The minimum Gasteiger partial charge on any atom is -0.496 e. The van der Waals surface area contributed by atoms with E-state index in [1.54, 1.807) is 19.3 Å². The van der Waals surface area contributed by atoms with Gasteiger partial charge in [0.1, 0.15) is 5.75 Å². The SMILES string of the molecule is C=CCCNC(=O)/C=C/c1ccccc1OC. The van der Waals surface area contributed by atoms with Gasteiger partial charge in [-0.25, -0.2) is 0 Å². The van der Waals surface area contributed by atoms with Crippen LogP contribution in [0.2, 0.25) is 0 Å². The first-order valence-corrected chi connectivity index (χ1v) is 5.47. The van der Waals surface area contributed by atoms with Crippen LogP contribution in [0.4, 0.5) is 0 Å². The van der Waals surface area contributed by atoms with E-state index < -0.39 is 0 Å². The molecule has 17 heavy (non-hydrogen) atoms. The summed E-state index contributed by atoms with van der Waals surface area (Å²) in [6, 6.07) is 7.54. The van der Waals surface area contributed by atoms with Crippen LogP contribution in [0.5, 0.6) is 5.75 Å². The Morgan fingerprint density at radius 2 is 2.24 bits per heavy atom. The average Bonchev–Trinajstić information content (AvgIpc) is 2.37. The summed E-state index contributed by atoms with van der Waals surface area (Å²) in [6.07, 6.45) is 5.78. The van der Waals surface area contributed by atoms with E-state index in [1.165, 1.54) is 6.08 Å². The fraction of sp³-hybridized carbons (Fsp3) is 0.214. The second kappa shape index (κ2) is 7.28. The highest BCUT2D eigenvalue weighted by Gasteiger charge is 1.98. The van der Waals surface area contributed by atoms with E-state index in [9.17, 15) is 4.79 Å². The van der Waals surface area contributed by atoms with Gasteiger partial charge in [0.15, 0.2) is 0 Å². The standard InChI is InChI=1S/C14H17NO2/c1-3-4-11-15-14(16)10-9-12-7-5-6-8-13(12)17-2/h3,5-10H,1,4,11H2,2H3,(H,15,16)/b10-9+. The minimum absolute atomic E-state index is 0.113. The highest BCUT2D eigenvalue weighted by Crippen LogP contribution is 2.18. The van der Waals surface area contributed by atoms with Crippen molar-refractivity contribution in [3.63, 3.8) is 0 Å². The molecular formula is C14H17NO2. The molecule has 1 rings (SSSR count). The smallest absolute Gasteiger partial charge is 0.244 e. The van der Waals surface area contributed by atoms with Crippen molar-refractivity contribution in [2.45, 2.75) is 6.42 Å². The molecular weight excluding hydrogens is 214 g/mol. The number of hydrogen-bond acceptors (Lipinski definition) is 2. The normalized spacial score (nSPS) is 10.2. The second-order valence-electron chi connectivity index (χ2n) is 3.44. The van der Waals surface area contributed by atoms with Gasteiger partial charge in [0.05, 0.1) is 7.11 Å². The van der Waals surface area contributed by atoms with Gasteiger partial charge in [-0.2, -0.15) is 0 Å². The molecule has 3 nitrogen and oxygen atoms in total. The van der Waals surface area contributed by atoms with Crippen LogP contribution in [0.1, 0.15) is 12.0 Å². The maximum absolute atomic E-state index is 11.4. The zero-order valence-electron chi connectivity index (χ0n) is 9.98. The van der Waals surface area contributed by atoms with Crippen LogP contribution in [0.25, 0.3) is 6.08 Å². The molecule has 1 N–H and O–H groups in total. The molecule has 0 aliphatic heterocycles. The van der Waals surface area contributed by atoms with Crippen LogP contribution in [0, 0.1) is 0 Å². The molecule has 0 saturated heterocycles. The summed E-state index contributed by atoms with van der Waals surface area (Å²) >= 11 is 0. The Hall–Kier alpha value is -2.03. The lowest BCUT2D eigenvalue weighted by Crippen LogP contribution is -2.21. The van der Waals surface area contributed by atoms with E-state index >= 15 is 0 Å². The summed E-state index contributed by atoms with van der Waals surface area (Å²) in [5, 5.41) is 2.75. The molecule has 0 radical (unpaired) electrons. The molecule has 3 heteroatoms. The van der Waals surface area contributed by atoms with Gasteiger partial charge in [0.2, 0.25) is 5.91 Å². The molecule has 0 fully saturated rings. The van der Waals surface area contributed by atoms with Gasteiger partial charge >= 0.3 is 0 Å². The largest absolute Gasteiger partial charge is 0.496 e. The summed E-state index contributed by atoms with van der Waals surface area (Å²) in [6.45, 7) is 4.20. The van der Waals surface area contributed by atoms with Crippen molar-refractivity contribution in [1.29, 1.82) is 0 Å². The fourth-order valence-corrected chi connectivity index (χ4v) is 1.33. The molecule has 0 spiro atoms. The van der Waals surface area contributed by atoms with Gasteiger partial charge in [-0.3, -0.25) is 4.79 Å². The number of benzene rings is 1. The summed E-state index contributed by atoms with van der Waals surface area (Å²) in [5.74, 6) is 0.639. The lowest BCUT2D eigenvalue weighted by Gasteiger charge is -2.03. The quantitative estimate of drug-likeness (QED) is 0.464. The molecule has 1 aromatic rings. The fourth-order valence-electron chi connectivity index (χ4n) is 1.33. The van der Waals surface area contributed by atoms with E-state index in [4.69, 9.17) is 4.74 Å². The zero-order valence-corrected chi connectivity index (χ0v) is 9.98. The summed E-state index contributed by atoms with van der Waals surface area (Å²) < 4.78 is 5.18. The first-order chi connectivity index (χ1) is 8.27. The van der Waals surface area contributed by atoms with Gasteiger partial charge in [0.25, 0.3) is 0 Å². The molecule has 0 aliphatic rings. The minimum atomic E-state index is -0.113. The van der Waals surface area contributed by atoms with Crippen LogP contribution in [-0.2, 0) is 4.79 Å². The lowest BCUT2D eigenvalue weighted by atomic mass is 10.2. The monoisotopic (exact) mass is 231 g/mol. The van der Waals surface area contributed by atoms with Gasteiger partial charge in [-0.1, -0.05) is 24.3 Å². The van der Waals surface area contributed by atoms with Gasteiger partial charge in [-0.15, -0.1) is 6.58 Å². The number of carbonyl (C=O) groups excluding carboxylic acids is 1. The number of rotatable bonds is 6. The Labute approximate surface area is 102 Å². The number of para-hydroxylation sites is 1. The maximum Gasteiger partial charge on any atom is 0.244 e. The van der Waals surface area contributed by atoms with Crippen LogP contribution in [0.15, 0.2) is 43.0 Å². The summed E-state index contributed by atoms with van der Waals surface area (Å²) in [4.78, 5) is 11.4. The second-order valence-corrected chi connectivity index (χ2v) is 3.44. The first kappa shape index (κ1) is 13.0. The molecule has 0 bridgehead atoms. The van der Waals surface area contributed by atoms with Crippen LogP contribution in [0.3, 0.4) is 0 Å². The topological polar surface area (TPSA) is 38.3 Å². The number of hydrogen-bond donors (Lipinski definition) is 1. The van der Waals surface area contributed by atoms with Crippen LogP contribution < -0.4 is 10.1 Å². The number of ether oxygens (including phenoxy) is 1. The average molecular weight is 231 g/mol. The third kappa shape index (κ3) is 4.55. The van der Waals surface area contributed by atoms with Crippen LogP contribution in [-0.4, -0.2) is 19.6 Å². The molecule has 0 unspecified atom stereocenters. The Balaban J connectivity index is 2.57. The van der Waals surface area contributed by atoms with Crippen molar-refractivity contribution in [3.8, 4) is 5.75 Å². The number of amides is 1. The summed E-state index contributed by atoms with van der Waals surface area (Å²) in [7, 11) is 1.61. The van der Waals surface area contributed by atoms with Crippen molar-refractivity contribution in [3.05, 3.63) is 48.6 Å². The highest BCUT2D eigenvalue weighted by atomic mass is 16.5. The van der Waals surface area contributed by atoms with Crippen molar-refractivity contribution >= 4 is 12.0 Å². The van der Waals surface area contributed by atoms with Crippen molar-refractivity contribution in [1.82, 2.24) is 5.32 Å². The van der Waals surface area contributed by atoms with E-state index in [0.29, 0.717) is 6.54 Å². The van der Waals surface area contributed by atoms with Crippen molar-refractivity contribution < 1.29 is 9.53 Å². The summed E-state index contributed by atoms with van der Waals surface area (Å²) in [5.41, 5.74) is 0.883. The van der Waals surface area contributed by atoms with E-state index in [-0.39, 0.29) is 5.91 Å². The van der Waals surface area contributed by atoms with Crippen molar-refractivity contribution in [2.24, 2.45) is 0 Å². The van der Waals surface area contributed by atoms with Gasteiger partial charge < -0.3 is 10.1 Å². The van der Waals surface area contributed by atoms with Gasteiger partial charge in [0, 0.05) is 18.2 Å². The molecule has 0 atom stereocenters. The number of carbonyl (C=O) groups is 1. The van der Waals surface area contributed by atoms with Crippen LogP contribution >= 0.6 is 0 Å². The Bertz CT molecular complexity index is 410. The zero-order chi connectivity index (χ0) is 12.5. The predicted molar refractivity (Wildman–Crippen MR) is 69.9 cm³/mol.